The Bertz CT molecular complexity index is 1010. The second-order valence-corrected chi connectivity index (χ2v) is 9.37. The maximum absolute atomic E-state index is 13.3. The number of carbonyl (C=O) groups excluding carboxylic acids is 2. The molecule has 1 aromatic carbocycles. The third-order valence-corrected chi connectivity index (χ3v) is 7.30. The summed E-state index contributed by atoms with van der Waals surface area (Å²) in [6.07, 6.45) is 0. The predicted octanol–water partition coefficient (Wildman–Crippen LogP) is 3.68. The number of nitrogens with zero attached hydrogens (tertiary/aromatic N) is 2. The monoisotopic (exact) mass is 443 g/mol. The molecule has 8 heteroatoms. The summed E-state index contributed by atoms with van der Waals surface area (Å²) in [6.45, 7) is 5.47. The van der Waals surface area contributed by atoms with Crippen molar-refractivity contribution in [3.8, 4) is 0 Å². The van der Waals surface area contributed by atoms with Crippen LogP contribution in [0.3, 0.4) is 0 Å². The fourth-order valence-corrected chi connectivity index (χ4v) is 5.42. The topological polar surface area (TPSA) is 65.8 Å². The number of amides is 2. The molecule has 0 unspecified atom stereocenters. The zero-order valence-electron chi connectivity index (χ0n) is 16.9. The molecule has 2 amide bonds. The average Bonchev–Trinajstić information content (AvgIpc) is 3.40. The molecule has 30 heavy (non-hydrogen) atoms. The van der Waals surface area contributed by atoms with Gasteiger partial charge in [-0.15, -0.1) is 23.1 Å². The molecular weight excluding hydrogens is 418 g/mol. The van der Waals surface area contributed by atoms with Crippen molar-refractivity contribution in [2.24, 2.45) is 0 Å². The lowest BCUT2D eigenvalue weighted by atomic mass is 10.1. The quantitative estimate of drug-likeness (QED) is 0.565. The zero-order valence-corrected chi connectivity index (χ0v) is 18.6. The highest BCUT2D eigenvalue weighted by Crippen LogP contribution is 2.34. The molecule has 4 rings (SSSR count). The van der Waals surface area contributed by atoms with Gasteiger partial charge >= 0.3 is 0 Å². The number of hydrogen-bond donors (Lipinski definition) is 1. The molecule has 6 nitrogen and oxygen atoms in total. The van der Waals surface area contributed by atoms with Gasteiger partial charge in [-0.1, -0.05) is 24.3 Å². The highest BCUT2D eigenvalue weighted by atomic mass is 32.2. The van der Waals surface area contributed by atoms with Crippen molar-refractivity contribution in [2.45, 2.75) is 16.9 Å². The Labute approximate surface area is 184 Å². The Hall–Kier alpha value is -2.29. The first-order valence-corrected chi connectivity index (χ1v) is 12.0. The number of para-hydroxylation sites is 1. The first kappa shape index (κ1) is 21.0. The highest BCUT2D eigenvalue weighted by Gasteiger charge is 2.28. The van der Waals surface area contributed by atoms with Crippen LogP contribution < -0.4 is 5.32 Å². The van der Waals surface area contributed by atoms with E-state index in [-0.39, 0.29) is 11.8 Å². The van der Waals surface area contributed by atoms with Gasteiger partial charge in [-0.25, -0.2) is 0 Å². The van der Waals surface area contributed by atoms with Crippen LogP contribution in [-0.4, -0.2) is 60.9 Å². The van der Waals surface area contributed by atoms with Crippen LogP contribution in [0.15, 0.2) is 50.4 Å². The number of benzene rings is 1. The fraction of sp³-hybridized carbons (Fsp3) is 0.364. The van der Waals surface area contributed by atoms with Crippen LogP contribution in [0.2, 0.25) is 0 Å². The molecule has 2 aromatic heterocycles. The van der Waals surface area contributed by atoms with Gasteiger partial charge in [0.15, 0.2) is 5.76 Å². The minimum Gasteiger partial charge on any atom is -0.451 e. The summed E-state index contributed by atoms with van der Waals surface area (Å²) in [7, 11) is 0. The third kappa shape index (κ3) is 4.71. The molecule has 0 aliphatic carbocycles. The van der Waals surface area contributed by atoms with E-state index in [1.54, 1.807) is 23.1 Å². The molecular formula is C22H25N3O3S2. The summed E-state index contributed by atoms with van der Waals surface area (Å²) < 4.78 is 7.25. The number of hydrogen-bond acceptors (Lipinski definition) is 6. The number of carbonyl (C=O) groups is 2. The molecule has 3 heterocycles. The van der Waals surface area contributed by atoms with Gasteiger partial charge in [0.05, 0.1) is 10.8 Å². The lowest BCUT2D eigenvalue weighted by Gasteiger charge is -2.34. The standard InChI is InChI=1S/C22H25N3O3S2/c1-2-23-19(26)14-24-9-11-25(12-10-24)22(27)21-17(15-30-20-8-5-13-29-20)16-6-3-4-7-18(16)28-21/h3-8,13H,2,9-12,14-15H2,1H3,(H,23,26). The maximum atomic E-state index is 13.3. The number of thioether (sulfide) groups is 1. The minimum atomic E-state index is -0.0642. The van der Waals surface area contributed by atoms with Crippen LogP contribution in [0.25, 0.3) is 11.0 Å². The smallest absolute Gasteiger partial charge is 0.290 e. The fourth-order valence-electron chi connectivity index (χ4n) is 3.61. The number of rotatable bonds is 7. The summed E-state index contributed by atoms with van der Waals surface area (Å²) in [5.41, 5.74) is 1.70. The van der Waals surface area contributed by atoms with Gasteiger partial charge in [-0.3, -0.25) is 14.5 Å². The van der Waals surface area contributed by atoms with Crippen LogP contribution >= 0.6 is 23.1 Å². The van der Waals surface area contributed by atoms with E-state index < -0.39 is 0 Å². The Kier molecular flexibility index (Phi) is 6.76. The second kappa shape index (κ2) is 9.68. The number of furan rings is 1. The van der Waals surface area contributed by atoms with E-state index >= 15 is 0 Å². The molecule has 158 valence electrons. The van der Waals surface area contributed by atoms with E-state index in [2.05, 4.69) is 21.7 Å². The molecule has 0 radical (unpaired) electrons. The summed E-state index contributed by atoms with van der Waals surface area (Å²) in [5.74, 6) is 1.10. The average molecular weight is 444 g/mol. The lowest BCUT2D eigenvalue weighted by molar-refractivity contribution is -0.122. The number of fused-ring (bicyclic) bond motifs is 1. The molecule has 1 aliphatic heterocycles. The van der Waals surface area contributed by atoms with Gasteiger partial charge < -0.3 is 14.6 Å². The highest BCUT2D eigenvalue weighted by molar-refractivity contribution is 8.00. The van der Waals surface area contributed by atoms with E-state index in [0.29, 0.717) is 50.8 Å². The molecule has 1 N–H and O–H groups in total. The first-order chi connectivity index (χ1) is 14.7. The Morgan fingerprint density at radius 1 is 1.13 bits per heavy atom. The number of likely N-dealkylation sites (N-methyl/N-ethyl adjacent to an activating group) is 1. The maximum Gasteiger partial charge on any atom is 0.290 e. The molecule has 3 aromatic rings. The zero-order chi connectivity index (χ0) is 20.9. The van der Waals surface area contributed by atoms with Gasteiger partial charge in [0.25, 0.3) is 5.91 Å². The second-order valence-electron chi connectivity index (χ2n) is 7.15. The number of piperazine rings is 1. The Balaban J connectivity index is 1.48. The Morgan fingerprint density at radius 2 is 1.93 bits per heavy atom. The molecule has 0 saturated carbocycles. The van der Waals surface area contributed by atoms with Crippen molar-refractivity contribution in [1.29, 1.82) is 0 Å². The largest absolute Gasteiger partial charge is 0.451 e. The normalized spacial score (nSPS) is 14.9. The van der Waals surface area contributed by atoms with Crippen LogP contribution in [0.1, 0.15) is 23.0 Å². The van der Waals surface area contributed by atoms with Gasteiger partial charge in [-0.05, 0) is 24.4 Å². The van der Waals surface area contributed by atoms with Gasteiger partial charge in [0.2, 0.25) is 5.91 Å². The van der Waals surface area contributed by atoms with Crippen LogP contribution in [-0.2, 0) is 10.5 Å². The lowest BCUT2D eigenvalue weighted by Crippen LogP contribution is -2.51. The Morgan fingerprint density at radius 3 is 2.67 bits per heavy atom. The van der Waals surface area contributed by atoms with Gasteiger partial charge in [0.1, 0.15) is 5.58 Å². The molecule has 0 bridgehead atoms. The van der Waals surface area contributed by atoms with Crippen molar-refractivity contribution >= 4 is 45.9 Å². The summed E-state index contributed by atoms with van der Waals surface area (Å²) in [5, 5.41) is 5.88. The number of nitrogens with one attached hydrogen (secondary N) is 1. The van der Waals surface area contributed by atoms with Crippen molar-refractivity contribution in [1.82, 2.24) is 15.1 Å². The third-order valence-electron chi connectivity index (χ3n) is 5.15. The minimum absolute atomic E-state index is 0.0300. The summed E-state index contributed by atoms with van der Waals surface area (Å²) in [4.78, 5) is 29.0. The molecule has 0 spiro atoms. The first-order valence-electron chi connectivity index (χ1n) is 10.1. The van der Waals surface area contributed by atoms with Crippen molar-refractivity contribution in [3.63, 3.8) is 0 Å². The molecule has 1 aliphatic rings. The van der Waals surface area contributed by atoms with Crippen LogP contribution in [0, 0.1) is 0 Å². The number of thiophene rings is 1. The van der Waals surface area contributed by atoms with Crippen LogP contribution in [0.4, 0.5) is 0 Å². The molecule has 1 saturated heterocycles. The predicted molar refractivity (Wildman–Crippen MR) is 121 cm³/mol. The van der Waals surface area contributed by atoms with E-state index in [9.17, 15) is 9.59 Å². The van der Waals surface area contributed by atoms with Crippen molar-refractivity contribution in [3.05, 3.63) is 53.1 Å². The summed E-state index contributed by atoms with van der Waals surface area (Å²) in [6, 6.07) is 12.0. The van der Waals surface area contributed by atoms with E-state index in [1.165, 1.54) is 4.21 Å². The summed E-state index contributed by atoms with van der Waals surface area (Å²) >= 11 is 3.42. The van der Waals surface area contributed by atoms with E-state index in [0.717, 1.165) is 16.5 Å². The van der Waals surface area contributed by atoms with Gasteiger partial charge in [-0.2, -0.15) is 0 Å². The van der Waals surface area contributed by atoms with Crippen molar-refractivity contribution in [2.75, 3.05) is 39.3 Å². The molecule has 1 fully saturated rings. The van der Waals surface area contributed by atoms with Gasteiger partial charge in [0, 0.05) is 49.4 Å². The van der Waals surface area contributed by atoms with Crippen LogP contribution in [0.5, 0.6) is 0 Å². The van der Waals surface area contributed by atoms with E-state index in [1.807, 2.05) is 42.2 Å². The SMILES string of the molecule is CCNC(=O)CN1CCN(C(=O)c2oc3ccccc3c2CSc2cccs2)CC1. The van der Waals surface area contributed by atoms with E-state index in [4.69, 9.17) is 4.42 Å². The van der Waals surface area contributed by atoms with Crippen molar-refractivity contribution < 1.29 is 14.0 Å². The molecule has 0 atom stereocenters.